The van der Waals surface area contributed by atoms with Gasteiger partial charge in [0.1, 0.15) is 0 Å². The quantitative estimate of drug-likeness (QED) is 0.272. The number of carbonyl (C=O) groups is 2. The van der Waals surface area contributed by atoms with E-state index in [1.165, 1.54) is 12.7 Å². The highest BCUT2D eigenvalue weighted by Gasteiger charge is 2.38. The smallest absolute Gasteiger partial charge is 0.337 e. The summed E-state index contributed by atoms with van der Waals surface area (Å²) < 4.78 is 15.8. The third-order valence-electron chi connectivity index (χ3n) is 7.20. The summed E-state index contributed by atoms with van der Waals surface area (Å²) >= 11 is 0. The van der Waals surface area contributed by atoms with Gasteiger partial charge in [-0.05, 0) is 67.1 Å². The summed E-state index contributed by atoms with van der Waals surface area (Å²) in [6.07, 6.45) is 5.58. The van der Waals surface area contributed by atoms with E-state index in [-0.39, 0.29) is 30.3 Å². The van der Waals surface area contributed by atoms with Gasteiger partial charge in [0.2, 0.25) is 5.91 Å². The largest absolute Gasteiger partial charge is 0.465 e. The number of nitrogens with zero attached hydrogens (tertiary/aromatic N) is 1. The molecule has 2 heterocycles. The lowest BCUT2D eigenvalue weighted by Gasteiger charge is -2.37. The molecule has 0 saturated carbocycles. The SMILES string of the molecule is COC(=O)c1ccc([C@@H]2Nc3ccc(/C(C)=N\NC(=O)CC4(C)OCCO4)cc3[C@H]3C=CC[C@H]32)cc1. The number of ether oxygens (including phenoxy) is 3. The van der Waals surface area contributed by atoms with Crippen LogP contribution < -0.4 is 10.7 Å². The van der Waals surface area contributed by atoms with Gasteiger partial charge < -0.3 is 19.5 Å². The highest BCUT2D eigenvalue weighted by atomic mass is 16.7. The van der Waals surface area contributed by atoms with Crippen LogP contribution in [0.25, 0.3) is 0 Å². The molecule has 36 heavy (non-hydrogen) atoms. The lowest BCUT2D eigenvalue weighted by Crippen LogP contribution is -2.33. The van der Waals surface area contributed by atoms with Crippen molar-refractivity contribution >= 4 is 23.3 Å². The van der Waals surface area contributed by atoms with Crippen molar-refractivity contribution in [1.29, 1.82) is 0 Å². The van der Waals surface area contributed by atoms with Crippen LogP contribution in [-0.2, 0) is 19.0 Å². The first-order valence-corrected chi connectivity index (χ1v) is 12.2. The number of benzene rings is 2. The van der Waals surface area contributed by atoms with E-state index in [9.17, 15) is 9.59 Å². The number of methoxy groups -OCH3 is 1. The average Bonchev–Trinajstić information content (AvgIpc) is 3.56. The maximum Gasteiger partial charge on any atom is 0.337 e. The molecule has 0 unspecified atom stereocenters. The summed E-state index contributed by atoms with van der Waals surface area (Å²) in [5, 5.41) is 8.04. The number of esters is 1. The molecule has 1 fully saturated rings. The van der Waals surface area contributed by atoms with E-state index < -0.39 is 5.79 Å². The molecule has 0 spiro atoms. The van der Waals surface area contributed by atoms with Crippen LogP contribution in [0.2, 0.25) is 0 Å². The molecule has 8 nitrogen and oxygen atoms in total. The first-order chi connectivity index (χ1) is 17.4. The number of fused-ring (bicyclic) bond motifs is 3. The molecule has 1 amide bonds. The van der Waals surface area contributed by atoms with Gasteiger partial charge in [0.15, 0.2) is 5.79 Å². The molecule has 5 rings (SSSR count). The zero-order valence-corrected chi connectivity index (χ0v) is 20.7. The molecule has 2 N–H and O–H groups in total. The van der Waals surface area contributed by atoms with E-state index in [1.807, 2.05) is 37.3 Å². The molecule has 0 aromatic heterocycles. The third-order valence-corrected chi connectivity index (χ3v) is 7.20. The standard InChI is InChI=1S/C28H31N3O5/c1-17(30-31-25(32)16-28(2)35-13-14-36-28)20-11-12-24-23(15-20)21-5-4-6-22(21)26(29-24)18-7-9-19(10-8-18)27(33)34-3/h4-5,7-12,15,21-22,26,29H,6,13-14,16H2,1-3H3,(H,31,32)/b30-17-/t21-,22+,26-/m0/s1. The van der Waals surface area contributed by atoms with Crippen LogP contribution in [0.4, 0.5) is 5.69 Å². The van der Waals surface area contributed by atoms with Crippen molar-refractivity contribution in [2.45, 2.75) is 44.4 Å². The van der Waals surface area contributed by atoms with Crippen molar-refractivity contribution in [2.24, 2.45) is 11.0 Å². The van der Waals surface area contributed by atoms with E-state index in [0.717, 1.165) is 28.9 Å². The maximum absolute atomic E-state index is 12.3. The van der Waals surface area contributed by atoms with Crippen LogP contribution >= 0.6 is 0 Å². The Labute approximate surface area is 210 Å². The Morgan fingerprint density at radius 3 is 2.58 bits per heavy atom. The van der Waals surface area contributed by atoms with E-state index in [1.54, 1.807) is 6.92 Å². The van der Waals surface area contributed by atoms with Crippen molar-refractivity contribution in [3.8, 4) is 0 Å². The van der Waals surface area contributed by atoms with Crippen molar-refractivity contribution in [3.05, 3.63) is 76.9 Å². The van der Waals surface area contributed by atoms with Gasteiger partial charge in [-0.2, -0.15) is 5.10 Å². The average molecular weight is 490 g/mol. The van der Waals surface area contributed by atoms with E-state index in [0.29, 0.717) is 24.7 Å². The number of allylic oxidation sites excluding steroid dienone is 2. The second kappa shape index (κ2) is 9.87. The summed E-state index contributed by atoms with van der Waals surface area (Å²) in [4.78, 5) is 24.2. The number of amides is 1. The fourth-order valence-corrected chi connectivity index (χ4v) is 5.29. The fraction of sp³-hybridized carbons (Fsp3) is 0.393. The molecule has 2 aromatic rings. The zero-order chi connectivity index (χ0) is 25.3. The number of rotatable bonds is 6. The summed E-state index contributed by atoms with van der Waals surface area (Å²) in [5.41, 5.74) is 8.29. The number of carbonyl (C=O) groups excluding carboxylic acids is 2. The van der Waals surface area contributed by atoms with E-state index >= 15 is 0 Å². The lowest BCUT2D eigenvalue weighted by molar-refractivity contribution is -0.159. The Kier molecular flexibility index (Phi) is 6.64. The lowest BCUT2D eigenvalue weighted by atomic mass is 9.76. The summed E-state index contributed by atoms with van der Waals surface area (Å²) in [6.45, 7) is 4.63. The minimum Gasteiger partial charge on any atom is -0.465 e. The molecule has 1 saturated heterocycles. The number of hydrogen-bond acceptors (Lipinski definition) is 7. The predicted octanol–water partition coefficient (Wildman–Crippen LogP) is 4.29. The number of anilines is 1. The Bertz CT molecular complexity index is 1210. The minimum atomic E-state index is -0.884. The van der Waals surface area contributed by atoms with Crippen LogP contribution in [-0.4, -0.2) is 43.7 Å². The summed E-state index contributed by atoms with van der Waals surface area (Å²) in [5.74, 6) is -0.839. The third kappa shape index (κ3) is 4.79. The Morgan fingerprint density at radius 2 is 1.86 bits per heavy atom. The summed E-state index contributed by atoms with van der Waals surface area (Å²) in [6, 6.07) is 14.0. The second-order valence-electron chi connectivity index (χ2n) is 9.63. The van der Waals surface area contributed by atoms with Crippen molar-refractivity contribution in [3.63, 3.8) is 0 Å². The molecular formula is C28H31N3O5. The topological polar surface area (TPSA) is 98.2 Å². The fourth-order valence-electron chi connectivity index (χ4n) is 5.29. The summed E-state index contributed by atoms with van der Waals surface area (Å²) in [7, 11) is 1.39. The number of hydrazone groups is 1. The molecule has 3 aliphatic rings. The Morgan fingerprint density at radius 1 is 1.14 bits per heavy atom. The van der Waals surface area contributed by atoms with Crippen LogP contribution in [0.3, 0.4) is 0 Å². The monoisotopic (exact) mass is 489 g/mol. The van der Waals surface area contributed by atoms with Gasteiger partial charge in [-0.15, -0.1) is 0 Å². The van der Waals surface area contributed by atoms with Crippen LogP contribution in [0.5, 0.6) is 0 Å². The van der Waals surface area contributed by atoms with Gasteiger partial charge in [0.05, 0.1) is 44.1 Å². The molecule has 0 bridgehead atoms. The first-order valence-electron chi connectivity index (χ1n) is 12.2. The van der Waals surface area contributed by atoms with Gasteiger partial charge in [0, 0.05) is 11.6 Å². The molecule has 1 aliphatic carbocycles. The highest BCUT2D eigenvalue weighted by Crippen LogP contribution is 2.50. The highest BCUT2D eigenvalue weighted by molar-refractivity contribution is 6.00. The molecule has 2 aliphatic heterocycles. The van der Waals surface area contributed by atoms with Gasteiger partial charge in [-0.3, -0.25) is 4.79 Å². The number of nitrogens with one attached hydrogen (secondary N) is 2. The zero-order valence-electron chi connectivity index (χ0n) is 20.7. The van der Waals surface area contributed by atoms with E-state index in [4.69, 9.17) is 14.2 Å². The Hall–Kier alpha value is -3.49. The molecule has 0 radical (unpaired) electrons. The molecule has 8 heteroatoms. The van der Waals surface area contributed by atoms with Crippen LogP contribution in [0.15, 0.2) is 59.7 Å². The van der Waals surface area contributed by atoms with Crippen LogP contribution in [0.1, 0.15) is 65.7 Å². The van der Waals surface area contributed by atoms with Gasteiger partial charge >= 0.3 is 5.97 Å². The first kappa shape index (κ1) is 24.2. The molecule has 188 valence electrons. The number of hydrogen-bond donors (Lipinski definition) is 2. The normalized spacial score (nSPS) is 24.0. The van der Waals surface area contributed by atoms with Crippen molar-refractivity contribution < 1.29 is 23.8 Å². The predicted molar refractivity (Wildman–Crippen MR) is 136 cm³/mol. The van der Waals surface area contributed by atoms with Crippen molar-refractivity contribution in [1.82, 2.24) is 5.43 Å². The Balaban J connectivity index is 1.32. The molecule has 3 atom stereocenters. The van der Waals surface area contributed by atoms with Gasteiger partial charge in [-0.25, -0.2) is 10.2 Å². The maximum atomic E-state index is 12.3. The minimum absolute atomic E-state index is 0.0917. The second-order valence-corrected chi connectivity index (χ2v) is 9.63. The van der Waals surface area contributed by atoms with E-state index in [2.05, 4.69) is 40.1 Å². The van der Waals surface area contributed by atoms with Gasteiger partial charge in [-0.1, -0.05) is 30.4 Å². The molecule has 2 aromatic carbocycles. The van der Waals surface area contributed by atoms with Crippen LogP contribution in [0, 0.1) is 5.92 Å². The van der Waals surface area contributed by atoms with Gasteiger partial charge in [0.25, 0.3) is 0 Å². The van der Waals surface area contributed by atoms with Crippen molar-refractivity contribution in [2.75, 3.05) is 25.6 Å². The molecular weight excluding hydrogens is 458 g/mol.